The highest BCUT2D eigenvalue weighted by Crippen LogP contribution is 2.25. The largest absolute Gasteiger partial charge is 0.351 e. The highest BCUT2D eigenvalue weighted by Gasteiger charge is 2.10. The van der Waals surface area contributed by atoms with Gasteiger partial charge in [0.15, 0.2) is 5.13 Å². The summed E-state index contributed by atoms with van der Waals surface area (Å²) in [7, 11) is 2.07. The van der Waals surface area contributed by atoms with Gasteiger partial charge >= 0.3 is 0 Å². The molecule has 3 nitrogen and oxygen atoms in total. The molecule has 1 aromatic heterocycles. The zero-order valence-electron chi connectivity index (χ0n) is 9.37. The molecule has 0 bridgehead atoms. The first-order valence-electron chi connectivity index (χ1n) is 5.09. The van der Waals surface area contributed by atoms with Crippen LogP contribution in [-0.4, -0.2) is 25.1 Å². The number of nitrogens with zero attached hydrogens (tertiary/aromatic N) is 2. The first kappa shape index (κ1) is 11.5. The van der Waals surface area contributed by atoms with Crippen molar-refractivity contribution < 1.29 is 0 Å². The van der Waals surface area contributed by atoms with E-state index >= 15 is 0 Å². The van der Waals surface area contributed by atoms with E-state index in [9.17, 15) is 0 Å². The molecule has 0 saturated heterocycles. The van der Waals surface area contributed by atoms with Crippen LogP contribution in [0.2, 0.25) is 0 Å². The second kappa shape index (κ2) is 5.32. The van der Waals surface area contributed by atoms with Crippen molar-refractivity contribution in [2.75, 3.05) is 25.0 Å². The van der Waals surface area contributed by atoms with Crippen LogP contribution in [0, 0.1) is 0 Å². The molecule has 1 heterocycles. The number of anilines is 1. The molecule has 0 fully saturated rings. The van der Waals surface area contributed by atoms with Crippen molar-refractivity contribution in [3.8, 4) is 0 Å². The normalized spacial score (nSPS) is 12.9. The Labute approximate surface area is 90.2 Å². The zero-order valence-corrected chi connectivity index (χ0v) is 10.2. The van der Waals surface area contributed by atoms with Crippen molar-refractivity contribution in [1.82, 2.24) is 10.3 Å². The average molecular weight is 213 g/mol. The topological polar surface area (TPSA) is 28.2 Å². The lowest BCUT2D eigenvalue weighted by Gasteiger charge is -2.12. The Morgan fingerprint density at radius 3 is 2.86 bits per heavy atom. The summed E-state index contributed by atoms with van der Waals surface area (Å²) in [6.45, 7) is 8.43. The van der Waals surface area contributed by atoms with Crippen molar-refractivity contribution in [3.63, 3.8) is 0 Å². The lowest BCUT2D eigenvalue weighted by molar-refractivity contribution is 0.606. The monoisotopic (exact) mass is 213 g/mol. The van der Waals surface area contributed by atoms with Crippen molar-refractivity contribution >= 4 is 16.5 Å². The van der Waals surface area contributed by atoms with Gasteiger partial charge in [0.2, 0.25) is 0 Å². The highest BCUT2D eigenvalue weighted by atomic mass is 32.1. The van der Waals surface area contributed by atoms with Gasteiger partial charge < -0.3 is 10.2 Å². The molecular weight excluding hydrogens is 194 g/mol. The number of thiazole rings is 1. The molecule has 1 rings (SSSR count). The maximum atomic E-state index is 4.39. The van der Waals surface area contributed by atoms with Crippen LogP contribution >= 0.6 is 11.3 Å². The fraction of sp³-hybridized carbons (Fsp3) is 0.700. The molecule has 0 aliphatic carbocycles. The van der Waals surface area contributed by atoms with E-state index in [4.69, 9.17) is 0 Å². The first-order chi connectivity index (χ1) is 6.69. The van der Waals surface area contributed by atoms with E-state index < -0.39 is 0 Å². The van der Waals surface area contributed by atoms with Gasteiger partial charge in [-0.1, -0.05) is 6.92 Å². The third-order valence-electron chi connectivity index (χ3n) is 2.25. The number of rotatable bonds is 5. The van der Waals surface area contributed by atoms with Gasteiger partial charge in [0.05, 0.1) is 0 Å². The lowest BCUT2D eigenvalue weighted by Crippen LogP contribution is -2.16. The summed E-state index contributed by atoms with van der Waals surface area (Å²) >= 11 is 1.77. The second-order valence-corrected chi connectivity index (χ2v) is 4.38. The predicted octanol–water partition coefficient (Wildman–Crippen LogP) is 2.27. The van der Waals surface area contributed by atoms with E-state index in [0.29, 0.717) is 6.04 Å². The van der Waals surface area contributed by atoms with Crippen LogP contribution in [0.25, 0.3) is 0 Å². The van der Waals surface area contributed by atoms with Crippen LogP contribution in [0.3, 0.4) is 0 Å². The SMILES string of the molecule is CCNC(C)c1cnc(N(C)CC)s1. The van der Waals surface area contributed by atoms with Crippen LogP contribution in [0.5, 0.6) is 0 Å². The number of hydrogen-bond donors (Lipinski definition) is 1. The summed E-state index contributed by atoms with van der Waals surface area (Å²) < 4.78 is 0. The van der Waals surface area contributed by atoms with Gasteiger partial charge in [0, 0.05) is 30.7 Å². The maximum absolute atomic E-state index is 4.39. The van der Waals surface area contributed by atoms with E-state index in [0.717, 1.165) is 18.2 Å². The molecule has 0 aliphatic heterocycles. The lowest BCUT2D eigenvalue weighted by atomic mass is 10.3. The summed E-state index contributed by atoms with van der Waals surface area (Å²) in [6.07, 6.45) is 1.97. The Kier molecular flexibility index (Phi) is 4.35. The van der Waals surface area contributed by atoms with Crippen LogP contribution in [0.1, 0.15) is 31.7 Å². The summed E-state index contributed by atoms with van der Waals surface area (Å²) in [4.78, 5) is 7.86. The van der Waals surface area contributed by atoms with E-state index in [1.54, 1.807) is 11.3 Å². The minimum Gasteiger partial charge on any atom is -0.351 e. The van der Waals surface area contributed by atoms with Crippen molar-refractivity contribution in [2.45, 2.75) is 26.8 Å². The van der Waals surface area contributed by atoms with Crippen LogP contribution in [0.15, 0.2) is 6.20 Å². The van der Waals surface area contributed by atoms with E-state index in [1.165, 1.54) is 4.88 Å². The molecule has 80 valence electrons. The van der Waals surface area contributed by atoms with Gasteiger partial charge in [0.1, 0.15) is 0 Å². The van der Waals surface area contributed by atoms with Crippen molar-refractivity contribution in [2.24, 2.45) is 0 Å². The predicted molar refractivity (Wildman–Crippen MR) is 63.1 cm³/mol. The molecule has 1 atom stereocenters. The fourth-order valence-corrected chi connectivity index (χ4v) is 2.16. The molecule has 0 aromatic carbocycles. The molecule has 4 heteroatoms. The Morgan fingerprint density at radius 1 is 1.57 bits per heavy atom. The average Bonchev–Trinajstić information content (AvgIpc) is 2.66. The zero-order chi connectivity index (χ0) is 10.6. The summed E-state index contributed by atoms with van der Waals surface area (Å²) in [5.41, 5.74) is 0. The Bertz CT molecular complexity index is 272. The van der Waals surface area contributed by atoms with E-state index in [1.807, 2.05) is 6.20 Å². The number of hydrogen-bond acceptors (Lipinski definition) is 4. The minimum absolute atomic E-state index is 0.413. The van der Waals surface area contributed by atoms with Crippen molar-refractivity contribution in [1.29, 1.82) is 0 Å². The van der Waals surface area contributed by atoms with Crippen LogP contribution in [-0.2, 0) is 0 Å². The van der Waals surface area contributed by atoms with Gasteiger partial charge in [-0.05, 0) is 20.4 Å². The van der Waals surface area contributed by atoms with E-state index in [-0.39, 0.29) is 0 Å². The maximum Gasteiger partial charge on any atom is 0.185 e. The molecule has 0 amide bonds. The van der Waals surface area contributed by atoms with Gasteiger partial charge in [-0.3, -0.25) is 0 Å². The molecule has 14 heavy (non-hydrogen) atoms. The van der Waals surface area contributed by atoms with Gasteiger partial charge in [0.25, 0.3) is 0 Å². The quantitative estimate of drug-likeness (QED) is 0.813. The molecule has 0 saturated carbocycles. The smallest absolute Gasteiger partial charge is 0.185 e. The summed E-state index contributed by atoms with van der Waals surface area (Å²) in [6, 6.07) is 0.413. The molecule has 1 unspecified atom stereocenters. The molecule has 0 spiro atoms. The Hall–Kier alpha value is -0.610. The van der Waals surface area contributed by atoms with Crippen molar-refractivity contribution in [3.05, 3.63) is 11.1 Å². The highest BCUT2D eigenvalue weighted by molar-refractivity contribution is 7.15. The Morgan fingerprint density at radius 2 is 2.29 bits per heavy atom. The van der Waals surface area contributed by atoms with Crippen LogP contribution < -0.4 is 10.2 Å². The Balaban J connectivity index is 2.67. The third kappa shape index (κ3) is 2.69. The minimum atomic E-state index is 0.413. The summed E-state index contributed by atoms with van der Waals surface area (Å²) in [5, 5.41) is 4.49. The standard InChI is InChI=1S/C10H19N3S/c1-5-11-8(3)9-7-12-10(14-9)13(4)6-2/h7-8,11H,5-6H2,1-4H3. The summed E-state index contributed by atoms with van der Waals surface area (Å²) in [5.74, 6) is 0. The fourth-order valence-electron chi connectivity index (χ4n) is 1.20. The molecule has 1 aromatic rings. The molecule has 0 radical (unpaired) electrons. The molecule has 0 aliphatic rings. The molecule has 1 N–H and O–H groups in total. The van der Waals surface area contributed by atoms with Crippen LogP contribution in [0.4, 0.5) is 5.13 Å². The number of aromatic nitrogens is 1. The first-order valence-corrected chi connectivity index (χ1v) is 5.90. The van der Waals surface area contributed by atoms with Gasteiger partial charge in [-0.25, -0.2) is 4.98 Å². The second-order valence-electron chi connectivity index (χ2n) is 3.34. The van der Waals surface area contributed by atoms with Gasteiger partial charge in [-0.2, -0.15) is 0 Å². The third-order valence-corrected chi connectivity index (χ3v) is 3.54. The van der Waals surface area contributed by atoms with Gasteiger partial charge in [-0.15, -0.1) is 11.3 Å². The van der Waals surface area contributed by atoms with E-state index in [2.05, 4.69) is 43.0 Å². The number of nitrogens with one attached hydrogen (secondary N) is 1. The molecular formula is C10H19N3S.